The zero-order chi connectivity index (χ0) is 25.6. The Kier molecular flexibility index (Phi) is 5.94. The minimum atomic E-state index is -0.176. The molecule has 0 heterocycles. The fraction of sp³-hybridized carbons (Fsp3) is 0.938. The molecule has 5 saturated carbocycles. The van der Waals surface area contributed by atoms with Crippen LogP contribution in [0.1, 0.15) is 126 Å². The molecule has 3 heteroatoms. The highest BCUT2D eigenvalue weighted by Gasteiger charge is 2.84. The van der Waals surface area contributed by atoms with Crippen LogP contribution in [-0.2, 0) is 14.3 Å². The Morgan fingerprint density at radius 2 is 1.66 bits per heavy atom. The number of hydrogen-bond donors (Lipinski definition) is 0. The van der Waals surface area contributed by atoms with E-state index >= 15 is 0 Å². The van der Waals surface area contributed by atoms with Crippen LogP contribution in [0.15, 0.2) is 0 Å². The highest BCUT2D eigenvalue weighted by molar-refractivity contribution is 5.86. The van der Waals surface area contributed by atoms with Gasteiger partial charge in [0.1, 0.15) is 11.9 Å². The van der Waals surface area contributed by atoms with Crippen LogP contribution in [0, 0.1) is 56.7 Å². The standard InChI is InChI=1S/C32H52O3/c1-20(2)10-9-11-21(3)23-12-14-30(8)27-24(34)18-25-28(5,6)26(35-22(4)33)13-15-31(25)19-32(27,31)17-16-29(23,30)7/h20-21,23,25-27H,9-19H2,1-8H3. The number of fused-ring (bicyclic) bond motifs is 2. The minimum Gasteiger partial charge on any atom is -0.462 e. The molecule has 0 aromatic rings. The first kappa shape index (κ1) is 25.8. The second-order valence-electron chi connectivity index (χ2n) is 15.4. The lowest BCUT2D eigenvalue weighted by Crippen LogP contribution is -2.61. The van der Waals surface area contributed by atoms with Crippen molar-refractivity contribution in [3.05, 3.63) is 0 Å². The highest BCUT2D eigenvalue weighted by atomic mass is 16.5. The zero-order valence-electron chi connectivity index (χ0n) is 24.0. The molecule has 5 rings (SSSR count). The third kappa shape index (κ3) is 3.34. The topological polar surface area (TPSA) is 43.4 Å². The first-order chi connectivity index (χ1) is 16.3. The van der Waals surface area contributed by atoms with Crippen LogP contribution < -0.4 is 0 Å². The molecule has 0 aromatic heterocycles. The summed E-state index contributed by atoms with van der Waals surface area (Å²) in [6.07, 6.45) is 13.1. The number of carbonyl (C=O) groups excluding carboxylic acids is 2. The van der Waals surface area contributed by atoms with Crippen molar-refractivity contribution in [2.24, 2.45) is 56.7 Å². The number of esters is 1. The fourth-order valence-corrected chi connectivity index (χ4v) is 11.4. The molecule has 0 N–H and O–H groups in total. The number of hydrogen-bond acceptors (Lipinski definition) is 3. The van der Waals surface area contributed by atoms with Crippen molar-refractivity contribution in [2.45, 2.75) is 132 Å². The van der Waals surface area contributed by atoms with E-state index in [-0.39, 0.29) is 39.7 Å². The molecule has 0 aromatic carbocycles. The number of rotatable bonds is 6. The summed E-state index contributed by atoms with van der Waals surface area (Å²) in [4.78, 5) is 26.1. The second kappa shape index (κ2) is 8.07. The third-order valence-corrected chi connectivity index (χ3v) is 13.3. The van der Waals surface area contributed by atoms with E-state index in [1.807, 2.05) is 0 Å². The Morgan fingerprint density at radius 1 is 0.943 bits per heavy atom. The van der Waals surface area contributed by atoms with Crippen molar-refractivity contribution >= 4 is 11.8 Å². The van der Waals surface area contributed by atoms with Crippen LogP contribution in [0.25, 0.3) is 0 Å². The van der Waals surface area contributed by atoms with E-state index in [1.165, 1.54) is 58.3 Å². The summed E-state index contributed by atoms with van der Waals surface area (Å²) in [7, 11) is 0. The van der Waals surface area contributed by atoms with Crippen LogP contribution in [0.2, 0.25) is 0 Å². The van der Waals surface area contributed by atoms with Crippen LogP contribution >= 0.6 is 0 Å². The van der Waals surface area contributed by atoms with Gasteiger partial charge in [-0.1, -0.05) is 67.7 Å². The van der Waals surface area contributed by atoms with E-state index in [0.29, 0.717) is 23.5 Å². The highest BCUT2D eigenvalue weighted by Crippen LogP contribution is 2.88. The maximum atomic E-state index is 14.2. The van der Waals surface area contributed by atoms with Crippen molar-refractivity contribution in [3.63, 3.8) is 0 Å². The average molecular weight is 485 g/mol. The quantitative estimate of drug-likeness (QED) is 0.359. The van der Waals surface area contributed by atoms with Crippen LogP contribution in [0.5, 0.6) is 0 Å². The van der Waals surface area contributed by atoms with Crippen LogP contribution in [0.4, 0.5) is 0 Å². The summed E-state index contributed by atoms with van der Waals surface area (Å²) >= 11 is 0. The molecule has 5 aliphatic carbocycles. The number of Topliss-reactive ketones (excluding diaryl/α,β-unsaturated/α-hetero) is 1. The van der Waals surface area contributed by atoms with E-state index in [9.17, 15) is 9.59 Å². The van der Waals surface area contributed by atoms with E-state index in [2.05, 4.69) is 48.5 Å². The normalized spacial score (nSPS) is 48.4. The van der Waals surface area contributed by atoms with Gasteiger partial charge in [-0.2, -0.15) is 0 Å². The maximum absolute atomic E-state index is 14.2. The van der Waals surface area contributed by atoms with Gasteiger partial charge in [0.05, 0.1) is 0 Å². The Bertz CT molecular complexity index is 889. The average Bonchev–Trinajstić information content (AvgIpc) is 3.31. The van der Waals surface area contributed by atoms with Crippen LogP contribution in [0.3, 0.4) is 0 Å². The van der Waals surface area contributed by atoms with Crippen molar-refractivity contribution in [3.8, 4) is 0 Å². The van der Waals surface area contributed by atoms with Crippen molar-refractivity contribution in [1.29, 1.82) is 0 Å². The maximum Gasteiger partial charge on any atom is 0.302 e. The summed E-state index contributed by atoms with van der Waals surface area (Å²) < 4.78 is 5.83. The molecule has 0 amide bonds. The first-order valence-corrected chi connectivity index (χ1v) is 15.0. The van der Waals surface area contributed by atoms with Gasteiger partial charge in [-0.15, -0.1) is 0 Å². The largest absolute Gasteiger partial charge is 0.462 e. The summed E-state index contributed by atoms with van der Waals surface area (Å²) in [5, 5.41) is 0. The number of carbonyl (C=O) groups is 2. The minimum absolute atomic E-state index is 0.0513. The fourth-order valence-electron chi connectivity index (χ4n) is 11.4. The first-order valence-electron chi connectivity index (χ1n) is 15.0. The second-order valence-corrected chi connectivity index (χ2v) is 15.4. The monoisotopic (exact) mass is 484 g/mol. The van der Waals surface area contributed by atoms with Crippen molar-refractivity contribution < 1.29 is 14.3 Å². The molecular formula is C32H52O3. The predicted octanol–water partition coefficient (Wildman–Crippen LogP) is 8.00. The molecule has 0 saturated heterocycles. The predicted molar refractivity (Wildman–Crippen MR) is 141 cm³/mol. The zero-order valence-corrected chi connectivity index (χ0v) is 24.0. The van der Waals surface area contributed by atoms with Crippen molar-refractivity contribution in [2.75, 3.05) is 0 Å². The van der Waals surface area contributed by atoms with Crippen molar-refractivity contribution in [1.82, 2.24) is 0 Å². The molecule has 2 spiro atoms. The lowest BCUT2D eigenvalue weighted by atomic mass is 9.41. The Balaban J connectivity index is 1.42. The Morgan fingerprint density at radius 3 is 2.31 bits per heavy atom. The van der Waals surface area contributed by atoms with Gasteiger partial charge in [-0.05, 0) is 90.3 Å². The summed E-state index contributed by atoms with van der Waals surface area (Å²) in [5.41, 5.74) is 0.826. The van der Waals surface area contributed by atoms with Gasteiger partial charge >= 0.3 is 5.97 Å². The van der Waals surface area contributed by atoms with E-state index < -0.39 is 0 Å². The molecule has 0 aliphatic heterocycles. The molecule has 0 bridgehead atoms. The molecule has 9 unspecified atom stereocenters. The molecule has 198 valence electrons. The van der Waals surface area contributed by atoms with Gasteiger partial charge in [0.25, 0.3) is 0 Å². The molecule has 3 nitrogen and oxygen atoms in total. The molecule has 9 atom stereocenters. The van der Waals surface area contributed by atoms with Gasteiger partial charge in [0, 0.05) is 24.7 Å². The molecular weight excluding hydrogens is 432 g/mol. The van der Waals surface area contributed by atoms with E-state index in [4.69, 9.17) is 4.74 Å². The summed E-state index contributed by atoms with van der Waals surface area (Å²) in [6.45, 7) is 18.4. The van der Waals surface area contributed by atoms with Gasteiger partial charge in [-0.3, -0.25) is 9.59 Å². The SMILES string of the molecule is CC(=O)OC1CCC23CC24CCC2(C)C(C(C)CCCC(C)C)CCC2(C)C4C(=O)CC3C1(C)C. The lowest BCUT2D eigenvalue weighted by Gasteiger charge is -2.62. The van der Waals surface area contributed by atoms with Gasteiger partial charge in [0.2, 0.25) is 0 Å². The molecule has 5 aliphatic rings. The van der Waals surface area contributed by atoms with Gasteiger partial charge < -0.3 is 4.74 Å². The Hall–Kier alpha value is -0.860. The van der Waals surface area contributed by atoms with E-state index in [1.54, 1.807) is 0 Å². The van der Waals surface area contributed by atoms with Gasteiger partial charge in [-0.25, -0.2) is 0 Å². The third-order valence-electron chi connectivity index (χ3n) is 13.3. The van der Waals surface area contributed by atoms with Gasteiger partial charge in [0.15, 0.2) is 0 Å². The molecule has 35 heavy (non-hydrogen) atoms. The molecule has 5 fully saturated rings. The Labute approximate surface area is 214 Å². The summed E-state index contributed by atoms with van der Waals surface area (Å²) in [6, 6.07) is 0. The number of ketones is 1. The lowest BCUT2D eigenvalue weighted by molar-refractivity contribution is -0.184. The molecule has 0 radical (unpaired) electrons. The van der Waals surface area contributed by atoms with Crippen LogP contribution in [-0.4, -0.2) is 17.9 Å². The van der Waals surface area contributed by atoms with E-state index in [0.717, 1.165) is 30.6 Å². The smallest absolute Gasteiger partial charge is 0.302 e. The summed E-state index contributed by atoms with van der Waals surface area (Å²) in [5.74, 6) is 3.29. The number of ether oxygens (including phenoxy) is 1.